The molecule has 20 heavy (non-hydrogen) atoms. The second kappa shape index (κ2) is 6.62. The third-order valence-electron chi connectivity index (χ3n) is 2.91. The van der Waals surface area contributed by atoms with Crippen molar-refractivity contribution in [2.24, 2.45) is 5.73 Å². The van der Waals surface area contributed by atoms with Gasteiger partial charge < -0.3 is 11.1 Å². The van der Waals surface area contributed by atoms with Gasteiger partial charge in [-0.2, -0.15) is 0 Å². The van der Waals surface area contributed by atoms with Crippen LogP contribution in [0, 0.1) is 6.92 Å². The van der Waals surface area contributed by atoms with E-state index in [1.165, 1.54) is 11.3 Å². The van der Waals surface area contributed by atoms with Crippen molar-refractivity contribution in [3.63, 3.8) is 0 Å². The molecular formula is C13H18N4O2S. The minimum absolute atomic E-state index is 0.0380. The van der Waals surface area contributed by atoms with E-state index in [9.17, 15) is 9.59 Å². The predicted octanol–water partition coefficient (Wildman–Crippen LogP) is 0.622. The molecule has 2 rings (SSSR count). The number of hydrogen-bond donors (Lipinski definition) is 2. The lowest BCUT2D eigenvalue weighted by Crippen LogP contribution is -2.29. The van der Waals surface area contributed by atoms with E-state index in [2.05, 4.69) is 10.3 Å². The van der Waals surface area contributed by atoms with E-state index < -0.39 is 0 Å². The summed E-state index contributed by atoms with van der Waals surface area (Å²) in [6, 6.07) is 1.86. The van der Waals surface area contributed by atoms with Crippen LogP contribution < -0.4 is 16.6 Å². The number of amides is 1. The van der Waals surface area contributed by atoms with Crippen LogP contribution in [0.3, 0.4) is 0 Å². The van der Waals surface area contributed by atoms with Crippen molar-refractivity contribution < 1.29 is 4.79 Å². The maximum Gasteiger partial charge on any atom is 0.262 e. The molecule has 0 aliphatic rings. The normalized spacial score (nSPS) is 10.9. The molecule has 2 heterocycles. The van der Waals surface area contributed by atoms with Crippen LogP contribution in [0.4, 0.5) is 0 Å². The van der Waals surface area contributed by atoms with E-state index in [1.807, 2.05) is 13.0 Å². The molecule has 0 saturated heterocycles. The highest BCUT2D eigenvalue weighted by molar-refractivity contribution is 7.18. The van der Waals surface area contributed by atoms with E-state index in [-0.39, 0.29) is 11.5 Å². The van der Waals surface area contributed by atoms with Gasteiger partial charge in [0.25, 0.3) is 5.56 Å². The average Bonchev–Trinajstić information content (AvgIpc) is 2.80. The number of nitrogens with zero attached hydrogens (tertiary/aromatic N) is 2. The van der Waals surface area contributed by atoms with E-state index >= 15 is 0 Å². The lowest BCUT2D eigenvalue weighted by Gasteiger charge is -2.05. The molecule has 0 aliphatic heterocycles. The molecule has 0 bridgehead atoms. The highest BCUT2D eigenvalue weighted by atomic mass is 32.1. The molecule has 0 radical (unpaired) electrons. The van der Waals surface area contributed by atoms with Crippen molar-refractivity contribution >= 4 is 27.5 Å². The topological polar surface area (TPSA) is 90.0 Å². The van der Waals surface area contributed by atoms with Gasteiger partial charge in [-0.15, -0.1) is 11.3 Å². The fourth-order valence-electron chi connectivity index (χ4n) is 1.95. The van der Waals surface area contributed by atoms with E-state index in [1.54, 1.807) is 10.9 Å². The molecule has 0 unspecified atom stereocenters. The fourth-order valence-corrected chi connectivity index (χ4v) is 2.79. The van der Waals surface area contributed by atoms with Crippen LogP contribution in [-0.2, 0) is 11.3 Å². The number of carbonyl (C=O) groups excluding carboxylic acids is 1. The highest BCUT2D eigenvalue weighted by Crippen LogP contribution is 2.19. The minimum atomic E-state index is -0.0401. The monoisotopic (exact) mass is 294 g/mol. The molecule has 0 fully saturated rings. The summed E-state index contributed by atoms with van der Waals surface area (Å²) in [5, 5.41) is 3.36. The SMILES string of the molecule is Cc1cc2c(=O)n(CCCC(=O)NCCN)cnc2s1. The number of aromatic nitrogens is 2. The number of carbonyl (C=O) groups is 1. The van der Waals surface area contributed by atoms with Gasteiger partial charge in [-0.3, -0.25) is 14.2 Å². The second-order valence-electron chi connectivity index (χ2n) is 4.56. The quantitative estimate of drug-likeness (QED) is 0.817. The summed E-state index contributed by atoms with van der Waals surface area (Å²) in [5.41, 5.74) is 5.26. The molecule has 108 valence electrons. The molecule has 2 aromatic heterocycles. The molecule has 2 aromatic rings. The van der Waals surface area contributed by atoms with Crippen LogP contribution in [0.15, 0.2) is 17.2 Å². The first-order valence-corrected chi connectivity index (χ1v) is 7.36. The molecule has 0 spiro atoms. The summed E-state index contributed by atoms with van der Waals surface area (Å²) in [7, 11) is 0. The van der Waals surface area contributed by atoms with E-state index in [4.69, 9.17) is 5.73 Å². The van der Waals surface area contributed by atoms with Crippen molar-refractivity contribution in [2.45, 2.75) is 26.3 Å². The largest absolute Gasteiger partial charge is 0.355 e. The van der Waals surface area contributed by atoms with Crippen LogP contribution in [-0.4, -0.2) is 28.5 Å². The smallest absolute Gasteiger partial charge is 0.262 e. The van der Waals surface area contributed by atoms with Gasteiger partial charge in [0.1, 0.15) is 4.83 Å². The summed E-state index contributed by atoms with van der Waals surface area (Å²) in [6.07, 6.45) is 2.54. The van der Waals surface area contributed by atoms with Gasteiger partial charge in [0.2, 0.25) is 5.91 Å². The van der Waals surface area contributed by atoms with Crippen LogP contribution in [0.1, 0.15) is 17.7 Å². The van der Waals surface area contributed by atoms with Gasteiger partial charge in [0.05, 0.1) is 11.7 Å². The number of thiophene rings is 1. The molecule has 0 aliphatic carbocycles. The van der Waals surface area contributed by atoms with Gasteiger partial charge in [0.15, 0.2) is 0 Å². The maximum atomic E-state index is 12.2. The Balaban J connectivity index is 1.98. The summed E-state index contributed by atoms with van der Waals surface area (Å²) < 4.78 is 1.56. The second-order valence-corrected chi connectivity index (χ2v) is 5.80. The Morgan fingerprint density at radius 1 is 1.55 bits per heavy atom. The third kappa shape index (κ3) is 3.43. The molecule has 0 atom stereocenters. The summed E-state index contributed by atoms with van der Waals surface area (Å²) in [5.74, 6) is -0.0380. The number of nitrogens with one attached hydrogen (secondary N) is 1. The van der Waals surface area contributed by atoms with Crippen LogP contribution in [0.2, 0.25) is 0 Å². The highest BCUT2D eigenvalue weighted by Gasteiger charge is 2.07. The zero-order valence-corrected chi connectivity index (χ0v) is 12.2. The molecule has 6 nitrogen and oxygen atoms in total. The molecule has 3 N–H and O–H groups in total. The summed E-state index contributed by atoms with van der Waals surface area (Å²) in [4.78, 5) is 29.7. The Hall–Kier alpha value is -1.73. The first kappa shape index (κ1) is 14.7. The Labute approximate surface area is 120 Å². The molecule has 7 heteroatoms. The molecule has 1 amide bonds. The van der Waals surface area contributed by atoms with E-state index in [0.29, 0.717) is 37.9 Å². The lowest BCUT2D eigenvalue weighted by atomic mass is 10.3. The van der Waals surface area contributed by atoms with Crippen LogP contribution in [0.25, 0.3) is 10.2 Å². The number of rotatable bonds is 6. The van der Waals surface area contributed by atoms with Crippen LogP contribution in [0.5, 0.6) is 0 Å². The number of fused-ring (bicyclic) bond motifs is 1. The Morgan fingerprint density at radius 2 is 2.35 bits per heavy atom. The van der Waals surface area contributed by atoms with Gasteiger partial charge >= 0.3 is 0 Å². The van der Waals surface area contributed by atoms with Gasteiger partial charge in [-0.05, 0) is 19.4 Å². The summed E-state index contributed by atoms with van der Waals surface area (Å²) >= 11 is 1.51. The Morgan fingerprint density at radius 3 is 3.10 bits per heavy atom. The third-order valence-corrected chi connectivity index (χ3v) is 3.87. The Bertz CT molecular complexity index is 662. The van der Waals surface area contributed by atoms with Crippen molar-refractivity contribution in [3.05, 3.63) is 27.6 Å². The lowest BCUT2D eigenvalue weighted by molar-refractivity contribution is -0.121. The first-order valence-electron chi connectivity index (χ1n) is 6.54. The molecule has 0 aromatic carbocycles. The average molecular weight is 294 g/mol. The number of aryl methyl sites for hydroxylation is 2. The van der Waals surface area contributed by atoms with Gasteiger partial charge in [0, 0.05) is 30.9 Å². The Kier molecular flexibility index (Phi) is 4.86. The summed E-state index contributed by atoms with van der Waals surface area (Å²) in [6.45, 7) is 3.37. The standard InChI is InChI=1S/C13H18N4O2S/c1-9-7-10-12(20-9)16-8-17(13(10)19)6-2-3-11(18)15-5-4-14/h7-8H,2-6,14H2,1H3,(H,15,18). The van der Waals surface area contributed by atoms with Gasteiger partial charge in [-0.25, -0.2) is 4.98 Å². The predicted molar refractivity (Wildman–Crippen MR) is 79.9 cm³/mol. The van der Waals surface area contributed by atoms with Gasteiger partial charge in [-0.1, -0.05) is 0 Å². The van der Waals surface area contributed by atoms with Crippen molar-refractivity contribution in [1.29, 1.82) is 0 Å². The van der Waals surface area contributed by atoms with E-state index in [0.717, 1.165) is 9.71 Å². The van der Waals surface area contributed by atoms with Crippen LogP contribution >= 0.6 is 11.3 Å². The zero-order chi connectivity index (χ0) is 14.5. The fraction of sp³-hybridized carbons (Fsp3) is 0.462. The van der Waals surface area contributed by atoms with Crippen molar-refractivity contribution in [3.8, 4) is 0 Å². The zero-order valence-electron chi connectivity index (χ0n) is 11.4. The first-order chi connectivity index (χ1) is 9.61. The number of hydrogen-bond acceptors (Lipinski definition) is 5. The minimum Gasteiger partial charge on any atom is -0.355 e. The maximum absolute atomic E-state index is 12.2. The van der Waals surface area contributed by atoms with Crippen molar-refractivity contribution in [2.75, 3.05) is 13.1 Å². The molecular weight excluding hydrogens is 276 g/mol. The van der Waals surface area contributed by atoms with Crippen molar-refractivity contribution in [1.82, 2.24) is 14.9 Å². The number of nitrogens with two attached hydrogens (primary N) is 1. The molecule has 0 saturated carbocycles.